The first-order valence-corrected chi connectivity index (χ1v) is 23.5. The van der Waals surface area contributed by atoms with Crippen LogP contribution in [0.3, 0.4) is 0 Å². The molecule has 2 fully saturated rings. The number of hydrogen-bond acceptors (Lipinski definition) is 8. The molecule has 2 amide bonds. The molecule has 8 rings (SSSR count). The minimum absolute atomic E-state index is 0.0148. The Hall–Kier alpha value is -3.58. The lowest BCUT2D eigenvalue weighted by molar-refractivity contribution is -0.137. The van der Waals surface area contributed by atoms with Gasteiger partial charge in [-0.1, -0.05) is 146 Å². The maximum atomic E-state index is 14.1. The van der Waals surface area contributed by atoms with E-state index in [0.29, 0.717) is 49.5 Å². The average molecular weight is 795 g/mol. The molecule has 56 heavy (non-hydrogen) atoms. The van der Waals surface area contributed by atoms with Crippen LogP contribution in [0.2, 0.25) is 0 Å². The molecule has 0 radical (unpaired) electrons. The highest BCUT2D eigenvalue weighted by Gasteiger charge is 2.39. The number of nitrogens with zero attached hydrogens (tertiary/aromatic N) is 6. The van der Waals surface area contributed by atoms with Gasteiger partial charge in [-0.3, -0.25) is 9.59 Å². The van der Waals surface area contributed by atoms with Crippen LogP contribution in [0.15, 0.2) is 73.1 Å². The van der Waals surface area contributed by atoms with Crippen molar-refractivity contribution in [3.63, 3.8) is 0 Å². The van der Waals surface area contributed by atoms with Crippen LogP contribution in [0.4, 0.5) is 0 Å². The summed E-state index contributed by atoms with van der Waals surface area (Å²) in [5, 5.41) is 0. The van der Waals surface area contributed by atoms with Crippen molar-refractivity contribution in [3.8, 4) is 22.5 Å². The number of benzene rings is 2. The molecule has 0 saturated heterocycles. The van der Waals surface area contributed by atoms with Crippen LogP contribution in [0, 0.1) is 11.8 Å². The summed E-state index contributed by atoms with van der Waals surface area (Å²) in [5.41, 5.74) is 17.5. The van der Waals surface area contributed by atoms with E-state index in [0.717, 1.165) is 47.0 Å². The third-order valence-electron chi connectivity index (χ3n) is 12.6. The SMILES string of the molecule is N[C@H](CSSC[C@@H](N)C(=O)N1CCn2cc(-c3ccccc3)nc2[C@@H]1CC1CCCCC1)C(=O)N1CCn2cc(-c3ccccc3)nc2[C@@H]1CC1CCCCC1. The first kappa shape index (κ1) is 39.3. The highest BCUT2D eigenvalue weighted by atomic mass is 33.1. The van der Waals surface area contributed by atoms with Gasteiger partial charge in [0.25, 0.3) is 0 Å². The number of hydrogen-bond donors (Lipinski definition) is 2. The van der Waals surface area contributed by atoms with E-state index in [2.05, 4.69) is 45.8 Å². The van der Waals surface area contributed by atoms with Gasteiger partial charge < -0.3 is 30.4 Å². The van der Waals surface area contributed by atoms with E-state index < -0.39 is 12.1 Å². The summed E-state index contributed by atoms with van der Waals surface area (Å²) >= 11 is 0. The molecule has 2 saturated carbocycles. The van der Waals surface area contributed by atoms with Gasteiger partial charge in [-0.15, -0.1) is 0 Å². The Morgan fingerprint density at radius 3 is 1.38 bits per heavy atom. The van der Waals surface area contributed by atoms with Crippen LogP contribution in [0.1, 0.15) is 101 Å². The van der Waals surface area contributed by atoms with Crippen LogP contribution < -0.4 is 11.5 Å². The van der Waals surface area contributed by atoms with E-state index in [4.69, 9.17) is 21.4 Å². The predicted molar refractivity (Wildman–Crippen MR) is 227 cm³/mol. The van der Waals surface area contributed by atoms with Crippen molar-refractivity contribution < 1.29 is 9.59 Å². The zero-order valence-corrected chi connectivity index (χ0v) is 34.2. The molecule has 4 heterocycles. The summed E-state index contributed by atoms with van der Waals surface area (Å²) < 4.78 is 4.51. The highest BCUT2D eigenvalue weighted by molar-refractivity contribution is 8.76. The first-order chi connectivity index (χ1) is 27.4. The van der Waals surface area contributed by atoms with Gasteiger partial charge in [0.05, 0.1) is 35.6 Å². The monoisotopic (exact) mass is 794 g/mol. The molecule has 4 N–H and O–H groups in total. The topological polar surface area (TPSA) is 128 Å². The number of carbonyl (C=O) groups is 2. The van der Waals surface area contributed by atoms with Crippen LogP contribution in [0.25, 0.3) is 22.5 Å². The largest absolute Gasteiger partial charge is 0.331 e. The summed E-state index contributed by atoms with van der Waals surface area (Å²) in [4.78, 5) is 42.6. The maximum absolute atomic E-state index is 14.1. The second kappa shape index (κ2) is 18.3. The second-order valence-electron chi connectivity index (χ2n) is 16.4. The Kier molecular flexibility index (Phi) is 12.9. The highest BCUT2D eigenvalue weighted by Crippen LogP contribution is 2.40. The second-order valence-corrected chi connectivity index (χ2v) is 19.0. The number of carbonyl (C=O) groups excluding carboxylic acids is 2. The first-order valence-electron chi connectivity index (χ1n) is 21.0. The van der Waals surface area contributed by atoms with Crippen molar-refractivity contribution in [2.45, 2.75) is 114 Å². The number of amides is 2. The number of fused-ring (bicyclic) bond motifs is 2. The van der Waals surface area contributed by atoms with Crippen LogP contribution in [-0.2, 0) is 22.7 Å². The fraction of sp³-hybridized carbons (Fsp3) is 0.545. The molecule has 4 aromatic rings. The molecule has 2 aliphatic carbocycles. The van der Waals surface area contributed by atoms with Gasteiger partial charge in [0.15, 0.2) is 0 Å². The summed E-state index contributed by atoms with van der Waals surface area (Å²) in [5.74, 6) is 4.00. The lowest BCUT2D eigenvalue weighted by Gasteiger charge is -2.39. The zero-order chi connectivity index (χ0) is 38.4. The van der Waals surface area contributed by atoms with E-state index in [1.807, 2.05) is 46.2 Å². The Bertz CT molecular complexity index is 1770. The Morgan fingerprint density at radius 2 is 0.982 bits per heavy atom. The van der Waals surface area contributed by atoms with Crippen LogP contribution in [0.5, 0.6) is 0 Å². The van der Waals surface area contributed by atoms with E-state index in [9.17, 15) is 9.59 Å². The lowest BCUT2D eigenvalue weighted by atomic mass is 9.84. The van der Waals surface area contributed by atoms with Crippen LogP contribution in [-0.4, -0.2) is 77.4 Å². The molecule has 2 aromatic carbocycles. The standard InChI is InChI=1S/C44H58N8O2S2/c45-35(43(53)51-23-21-49-27-37(33-17-9-3-10-18-33)47-41(49)39(51)25-31-13-5-1-6-14-31)29-55-56-30-36(46)44(54)52-24-22-50-28-38(34-19-11-4-12-20-34)48-42(50)40(52)26-32-15-7-2-8-16-32/h3-4,9-12,17-20,27-28,31-32,35-36,39-40H,1-2,5-8,13-16,21-26,29-30,45-46H2/t35-,36-,39+,40+/m1/s1. The molecule has 0 bridgehead atoms. The van der Waals surface area contributed by atoms with Gasteiger partial charge in [0.1, 0.15) is 11.6 Å². The summed E-state index contributed by atoms with van der Waals surface area (Å²) in [6.45, 7) is 2.67. The fourth-order valence-electron chi connectivity index (χ4n) is 9.55. The van der Waals surface area contributed by atoms with Crippen molar-refractivity contribution in [3.05, 3.63) is 84.7 Å². The molecule has 0 spiro atoms. The summed E-state index contributed by atoms with van der Waals surface area (Å²) in [7, 11) is 3.09. The number of imidazole rings is 2. The lowest BCUT2D eigenvalue weighted by Crippen LogP contribution is -2.51. The van der Waals surface area contributed by atoms with Gasteiger partial charge in [-0.05, 0) is 24.7 Å². The zero-order valence-electron chi connectivity index (χ0n) is 32.6. The van der Waals surface area contributed by atoms with Crippen molar-refractivity contribution in [2.75, 3.05) is 24.6 Å². The van der Waals surface area contributed by atoms with Gasteiger partial charge in [-0.25, -0.2) is 9.97 Å². The predicted octanol–water partition coefficient (Wildman–Crippen LogP) is 7.86. The number of aromatic nitrogens is 4. The van der Waals surface area contributed by atoms with E-state index in [1.54, 1.807) is 21.6 Å². The number of nitrogens with two attached hydrogens (primary N) is 2. The smallest absolute Gasteiger partial charge is 0.241 e. The molecular weight excluding hydrogens is 737 g/mol. The summed E-state index contributed by atoms with van der Waals surface area (Å²) in [6, 6.07) is 19.1. The Morgan fingerprint density at radius 1 is 0.589 bits per heavy atom. The van der Waals surface area contributed by atoms with Crippen LogP contribution >= 0.6 is 21.6 Å². The van der Waals surface area contributed by atoms with Crippen molar-refractivity contribution in [1.82, 2.24) is 28.9 Å². The molecular formula is C44H58N8O2S2. The molecule has 10 nitrogen and oxygen atoms in total. The molecule has 2 aliphatic heterocycles. The third kappa shape index (κ3) is 8.93. The van der Waals surface area contributed by atoms with Crippen molar-refractivity contribution in [2.24, 2.45) is 23.3 Å². The molecule has 4 atom stereocenters. The van der Waals surface area contributed by atoms with Gasteiger partial charge in [-0.2, -0.15) is 0 Å². The molecule has 298 valence electrons. The fourth-order valence-corrected chi connectivity index (χ4v) is 11.8. The van der Waals surface area contributed by atoms with E-state index in [1.165, 1.54) is 64.2 Å². The number of rotatable bonds is 13. The maximum Gasteiger partial charge on any atom is 0.241 e. The van der Waals surface area contributed by atoms with Crippen molar-refractivity contribution in [1.29, 1.82) is 0 Å². The normalized spacial score (nSPS) is 21.7. The molecule has 4 aliphatic rings. The van der Waals surface area contributed by atoms with Crippen molar-refractivity contribution >= 4 is 33.4 Å². The Labute approximate surface area is 340 Å². The minimum atomic E-state index is -0.650. The quantitative estimate of drug-likeness (QED) is 0.104. The van der Waals surface area contributed by atoms with Gasteiger partial charge in [0, 0.05) is 61.2 Å². The Balaban J connectivity index is 0.891. The summed E-state index contributed by atoms with van der Waals surface area (Å²) in [6.07, 6.45) is 18.6. The van der Waals surface area contributed by atoms with Gasteiger partial charge >= 0.3 is 0 Å². The minimum Gasteiger partial charge on any atom is -0.331 e. The van der Waals surface area contributed by atoms with E-state index in [-0.39, 0.29) is 23.9 Å². The molecule has 2 aromatic heterocycles. The molecule has 12 heteroatoms. The van der Waals surface area contributed by atoms with E-state index >= 15 is 0 Å². The third-order valence-corrected chi connectivity index (χ3v) is 15.1. The average Bonchev–Trinajstić information content (AvgIpc) is 3.89. The van der Waals surface area contributed by atoms with Gasteiger partial charge in [0.2, 0.25) is 11.8 Å². The molecule has 0 unspecified atom stereocenters.